The number of amides is 2. The van der Waals surface area contributed by atoms with Crippen LogP contribution in [0, 0.1) is 11.3 Å². The van der Waals surface area contributed by atoms with E-state index in [1.54, 1.807) is 0 Å². The fraction of sp³-hybridized carbons (Fsp3) is 0.889. The van der Waals surface area contributed by atoms with Crippen molar-refractivity contribution >= 4 is 6.03 Å². The van der Waals surface area contributed by atoms with Gasteiger partial charge in [0.25, 0.3) is 0 Å². The first-order chi connectivity index (χ1) is 6.22. The molecule has 13 heavy (non-hydrogen) atoms. The minimum Gasteiger partial charge on any atom is -0.396 e. The van der Waals surface area contributed by atoms with Gasteiger partial charge in [-0.15, -0.1) is 0 Å². The predicted molar refractivity (Wildman–Crippen MR) is 48.3 cm³/mol. The van der Waals surface area contributed by atoms with E-state index in [9.17, 15) is 4.79 Å². The molecule has 2 N–H and O–H groups in total. The molecule has 74 valence electrons. The summed E-state index contributed by atoms with van der Waals surface area (Å²) in [4.78, 5) is 13.2. The van der Waals surface area contributed by atoms with Crippen LogP contribution in [0.5, 0.6) is 0 Å². The molecule has 0 aromatic heterocycles. The zero-order valence-corrected chi connectivity index (χ0v) is 7.92. The van der Waals surface area contributed by atoms with Crippen molar-refractivity contribution in [1.29, 1.82) is 0 Å². The second-order valence-corrected chi connectivity index (χ2v) is 4.14. The number of nitrogens with one attached hydrogen (secondary N) is 1. The summed E-state index contributed by atoms with van der Waals surface area (Å²) < 4.78 is 0. The highest BCUT2D eigenvalue weighted by molar-refractivity contribution is 5.74. The summed E-state index contributed by atoms with van der Waals surface area (Å²) in [6, 6.07) is 0.0162. The van der Waals surface area contributed by atoms with Gasteiger partial charge in [-0.1, -0.05) is 0 Å². The quantitative estimate of drug-likeness (QED) is 0.636. The molecule has 2 rings (SSSR count). The van der Waals surface area contributed by atoms with Crippen LogP contribution in [-0.2, 0) is 0 Å². The first-order valence-electron chi connectivity index (χ1n) is 4.85. The third kappa shape index (κ3) is 1.29. The highest BCUT2D eigenvalue weighted by atomic mass is 16.3. The lowest BCUT2D eigenvalue weighted by Gasteiger charge is -2.20. The SMILES string of the molecule is CCNC(=O)N1CC2CC2(CO)C1. The van der Waals surface area contributed by atoms with E-state index in [1.165, 1.54) is 0 Å². The van der Waals surface area contributed by atoms with Crippen LogP contribution in [0.4, 0.5) is 4.79 Å². The average Bonchev–Trinajstić information content (AvgIpc) is 2.70. The van der Waals surface area contributed by atoms with E-state index in [1.807, 2.05) is 11.8 Å². The van der Waals surface area contributed by atoms with Crippen molar-refractivity contribution in [3.63, 3.8) is 0 Å². The Kier molecular flexibility index (Phi) is 1.95. The summed E-state index contributed by atoms with van der Waals surface area (Å²) in [5.74, 6) is 0.556. The maximum absolute atomic E-state index is 11.4. The van der Waals surface area contributed by atoms with E-state index in [-0.39, 0.29) is 18.1 Å². The molecule has 2 amide bonds. The number of hydrogen-bond acceptors (Lipinski definition) is 2. The number of likely N-dealkylation sites (tertiary alicyclic amines) is 1. The van der Waals surface area contributed by atoms with Gasteiger partial charge in [-0.25, -0.2) is 4.79 Å². The van der Waals surface area contributed by atoms with Crippen molar-refractivity contribution < 1.29 is 9.90 Å². The molecule has 2 aliphatic rings. The maximum Gasteiger partial charge on any atom is 0.317 e. The van der Waals surface area contributed by atoms with Gasteiger partial charge in [-0.2, -0.15) is 0 Å². The molecule has 1 saturated heterocycles. The van der Waals surface area contributed by atoms with Gasteiger partial charge in [0.1, 0.15) is 0 Å². The normalized spacial score (nSPS) is 35.8. The number of carbonyl (C=O) groups excluding carboxylic acids is 1. The monoisotopic (exact) mass is 184 g/mol. The molecule has 0 aromatic carbocycles. The fourth-order valence-corrected chi connectivity index (χ4v) is 2.26. The number of fused-ring (bicyclic) bond motifs is 1. The van der Waals surface area contributed by atoms with E-state index in [0.717, 1.165) is 19.5 Å². The lowest BCUT2D eigenvalue weighted by molar-refractivity contribution is 0.178. The standard InChI is InChI=1S/C9H16N2O2/c1-2-10-8(13)11-4-7-3-9(7,5-11)6-12/h7,12H,2-6H2,1H3,(H,10,13). The second-order valence-electron chi connectivity index (χ2n) is 4.14. The molecule has 2 fully saturated rings. The molecule has 2 atom stereocenters. The van der Waals surface area contributed by atoms with Crippen LogP contribution in [0.2, 0.25) is 0 Å². The van der Waals surface area contributed by atoms with Crippen molar-refractivity contribution in [2.24, 2.45) is 11.3 Å². The molecule has 0 spiro atoms. The van der Waals surface area contributed by atoms with Gasteiger partial charge in [-0.05, 0) is 19.3 Å². The Morgan fingerprint density at radius 1 is 1.77 bits per heavy atom. The maximum atomic E-state index is 11.4. The molecule has 1 aliphatic heterocycles. The molecule has 2 unspecified atom stereocenters. The van der Waals surface area contributed by atoms with Crippen LogP contribution in [0.1, 0.15) is 13.3 Å². The van der Waals surface area contributed by atoms with Crippen molar-refractivity contribution in [3.05, 3.63) is 0 Å². The number of rotatable bonds is 2. The van der Waals surface area contributed by atoms with Crippen molar-refractivity contribution in [1.82, 2.24) is 10.2 Å². The van der Waals surface area contributed by atoms with Crippen LogP contribution in [0.3, 0.4) is 0 Å². The summed E-state index contributed by atoms with van der Waals surface area (Å²) in [6.07, 6.45) is 1.10. The third-order valence-electron chi connectivity index (χ3n) is 3.24. The molecule has 4 nitrogen and oxygen atoms in total. The van der Waals surface area contributed by atoms with E-state index in [0.29, 0.717) is 12.5 Å². The lowest BCUT2D eigenvalue weighted by atomic mass is 10.1. The number of nitrogens with zero attached hydrogens (tertiary/aromatic N) is 1. The highest BCUT2D eigenvalue weighted by Gasteiger charge is 2.60. The molecular weight excluding hydrogens is 168 g/mol. The van der Waals surface area contributed by atoms with Crippen LogP contribution in [-0.4, -0.2) is 42.3 Å². The van der Waals surface area contributed by atoms with E-state index in [2.05, 4.69) is 5.32 Å². The molecule has 0 aromatic rings. The predicted octanol–water partition coefficient (Wildman–Crippen LogP) is 0.0301. The third-order valence-corrected chi connectivity index (χ3v) is 3.24. The van der Waals surface area contributed by atoms with Gasteiger partial charge >= 0.3 is 6.03 Å². The lowest BCUT2D eigenvalue weighted by Crippen LogP contribution is -2.40. The number of piperidine rings is 1. The zero-order chi connectivity index (χ0) is 9.47. The molecule has 1 heterocycles. The zero-order valence-electron chi connectivity index (χ0n) is 7.92. The van der Waals surface area contributed by atoms with Gasteiger partial charge in [-0.3, -0.25) is 0 Å². The molecule has 1 saturated carbocycles. The highest BCUT2D eigenvalue weighted by Crippen LogP contribution is 2.57. The summed E-state index contributed by atoms with van der Waals surface area (Å²) in [6.45, 7) is 4.38. The van der Waals surface area contributed by atoms with Crippen molar-refractivity contribution in [2.75, 3.05) is 26.2 Å². The van der Waals surface area contributed by atoms with Gasteiger partial charge in [0.2, 0.25) is 0 Å². The molecule has 4 heteroatoms. The largest absolute Gasteiger partial charge is 0.396 e. The Balaban J connectivity index is 1.89. The van der Waals surface area contributed by atoms with Crippen LogP contribution >= 0.6 is 0 Å². The van der Waals surface area contributed by atoms with Gasteiger partial charge in [0, 0.05) is 25.0 Å². The van der Waals surface area contributed by atoms with Gasteiger partial charge in [0.15, 0.2) is 0 Å². The number of aliphatic hydroxyl groups is 1. The summed E-state index contributed by atoms with van der Waals surface area (Å²) in [7, 11) is 0. The minimum atomic E-state index is 0.0162. The summed E-state index contributed by atoms with van der Waals surface area (Å²) >= 11 is 0. The first-order valence-corrected chi connectivity index (χ1v) is 4.85. The van der Waals surface area contributed by atoms with Crippen molar-refractivity contribution in [3.8, 4) is 0 Å². The molecule has 0 bridgehead atoms. The average molecular weight is 184 g/mol. The Labute approximate surface area is 77.9 Å². The Morgan fingerprint density at radius 2 is 2.54 bits per heavy atom. The van der Waals surface area contributed by atoms with Crippen LogP contribution < -0.4 is 5.32 Å². The summed E-state index contributed by atoms with van der Waals surface area (Å²) in [5.41, 5.74) is 0.0745. The van der Waals surface area contributed by atoms with Crippen LogP contribution in [0.25, 0.3) is 0 Å². The first kappa shape index (κ1) is 8.81. The minimum absolute atomic E-state index is 0.0162. The smallest absolute Gasteiger partial charge is 0.317 e. The Morgan fingerprint density at radius 3 is 3.08 bits per heavy atom. The number of urea groups is 1. The van der Waals surface area contributed by atoms with E-state index >= 15 is 0 Å². The Bertz CT molecular complexity index is 228. The molecule has 0 radical (unpaired) electrons. The Hall–Kier alpha value is -0.770. The molecular formula is C9H16N2O2. The second kappa shape index (κ2) is 2.87. The summed E-state index contributed by atoms with van der Waals surface area (Å²) in [5, 5.41) is 11.9. The van der Waals surface area contributed by atoms with Gasteiger partial charge < -0.3 is 15.3 Å². The van der Waals surface area contributed by atoms with Gasteiger partial charge in [0.05, 0.1) is 6.61 Å². The number of carbonyl (C=O) groups is 1. The van der Waals surface area contributed by atoms with E-state index in [4.69, 9.17) is 5.11 Å². The van der Waals surface area contributed by atoms with Crippen molar-refractivity contribution in [2.45, 2.75) is 13.3 Å². The molecule has 1 aliphatic carbocycles. The number of hydrogen-bond donors (Lipinski definition) is 2. The topological polar surface area (TPSA) is 52.6 Å². The fourth-order valence-electron chi connectivity index (χ4n) is 2.26. The number of aliphatic hydroxyl groups excluding tert-OH is 1. The van der Waals surface area contributed by atoms with E-state index < -0.39 is 0 Å². The van der Waals surface area contributed by atoms with Crippen LogP contribution in [0.15, 0.2) is 0 Å².